The van der Waals surface area contributed by atoms with E-state index in [0.717, 1.165) is 0 Å². The number of nitrogens with one attached hydrogen (secondary N) is 1. The normalized spacial score (nSPS) is 35.1. The summed E-state index contributed by atoms with van der Waals surface area (Å²) < 4.78 is 6.37. The Balaban J connectivity index is 1.50. The van der Waals surface area contributed by atoms with Crippen LogP contribution in [0.25, 0.3) is 0 Å². The molecular formula is C17H29NO. The van der Waals surface area contributed by atoms with Gasteiger partial charge < -0.3 is 10.1 Å². The van der Waals surface area contributed by atoms with Crippen molar-refractivity contribution in [2.45, 2.75) is 88.9 Å². The minimum atomic E-state index is 0.282. The third-order valence-corrected chi connectivity index (χ3v) is 5.25. The molecule has 0 aromatic heterocycles. The summed E-state index contributed by atoms with van der Waals surface area (Å²) in [5, 5.41) is 3.64. The van der Waals surface area contributed by atoms with Crippen LogP contribution in [0.15, 0.2) is 11.6 Å². The fourth-order valence-electron chi connectivity index (χ4n) is 4.22. The highest BCUT2D eigenvalue weighted by molar-refractivity contribution is 5.08. The van der Waals surface area contributed by atoms with Gasteiger partial charge in [-0.1, -0.05) is 30.9 Å². The number of hydrogen-bond donors (Lipinski definition) is 1. The quantitative estimate of drug-likeness (QED) is 0.778. The van der Waals surface area contributed by atoms with Crippen molar-refractivity contribution in [3.63, 3.8) is 0 Å². The first-order chi connectivity index (χ1) is 9.26. The molecule has 2 aliphatic heterocycles. The molecule has 2 nitrogen and oxygen atoms in total. The van der Waals surface area contributed by atoms with E-state index in [4.69, 9.17) is 4.74 Å². The van der Waals surface area contributed by atoms with Gasteiger partial charge in [0, 0.05) is 6.04 Å². The molecule has 2 unspecified atom stereocenters. The zero-order chi connectivity index (χ0) is 13.1. The second-order valence-electron chi connectivity index (χ2n) is 6.95. The molecule has 0 bridgehead atoms. The molecule has 2 atom stereocenters. The van der Waals surface area contributed by atoms with E-state index in [2.05, 4.69) is 18.3 Å². The Morgan fingerprint density at radius 2 is 2.00 bits per heavy atom. The Morgan fingerprint density at radius 3 is 2.74 bits per heavy atom. The van der Waals surface area contributed by atoms with E-state index in [1.807, 2.05) is 0 Å². The molecule has 2 heteroatoms. The second-order valence-corrected chi connectivity index (χ2v) is 6.95. The first-order valence-electron chi connectivity index (χ1n) is 8.34. The summed E-state index contributed by atoms with van der Waals surface area (Å²) in [6.07, 6.45) is 16.0. The van der Waals surface area contributed by atoms with Gasteiger partial charge in [0.25, 0.3) is 0 Å². The van der Waals surface area contributed by atoms with E-state index in [-0.39, 0.29) is 5.60 Å². The summed E-state index contributed by atoms with van der Waals surface area (Å²) in [7, 11) is 0. The van der Waals surface area contributed by atoms with Gasteiger partial charge in [0.15, 0.2) is 0 Å². The Morgan fingerprint density at radius 1 is 1.16 bits per heavy atom. The maximum Gasteiger partial charge on any atom is 0.0766 e. The molecule has 108 valence electrons. The van der Waals surface area contributed by atoms with Gasteiger partial charge in [-0.25, -0.2) is 0 Å². The van der Waals surface area contributed by atoms with Crippen molar-refractivity contribution in [3.8, 4) is 0 Å². The highest BCUT2D eigenvalue weighted by Gasteiger charge is 2.41. The van der Waals surface area contributed by atoms with Crippen LogP contribution in [-0.4, -0.2) is 24.3 Å². The third-order valence-electron chi connectivity index (χ3n) is 5.25. The highest BCUT2D eigenvalue weighted by Crippen LogP contribution is 2.43. The van der Waals surface area contributed by atoms with E-state index in [1.54, 1.807) is 0 Å². The predicted octanol–water partition coefficient (Wildman–Crippen LogP) is 3.96. The van der Waals surface area contributed by atoms with Gasteiger partial charge >= 0.3 is 0 Å². The number of rotatable bonds is 3. The van der Waals surface area contributed by atoms with Crippen molar-refractivity contribution in [3.05, 3.63) is 11.6 Å². The van der Waals surface area contributed by atoms with E-state index >= 15 is 0 Å². The van der Waals surface area contributed by atoms with Gasteiger partial charge in [-0.15, -0.1) is 0 Å². The molecule has 0 aromatic rings. The molecule has 1 aliphatic carbocycles. The van der Waals surface area contributed by atoms with Gasteiger partial charge in [-0.05, 0) is 58.4 Å². The lowest BCUT2D eigenvalue weighted by molar-refractivity contribution is -0.0182. The van der Waals surface area contributed by atoms with E-state index in [0.29, 0.717) is 12.1 Å². The van der Waals surface area contributed by atoms with Crippen LogP contribution in [0.1, 0.15) is 71.1 Å². The lowest BCUT2D eigenvalue weighted by Crippen LogP contribution is -2.34. The lowest BCUT2D eigenvalue weighted by atomic mass is 9.96. The topological polar surface area (TPSA) is 21.3 Å². The monoisotopic (exact) mass is 263 g/mol. The van der Waals surface area contributed by atoms with Crippen molar-refractivity contribution < 1.29 is 4.74 Å². The van der Waals surface area contributed by atoms with Crippen molar-refractivity contribution >= 4 is 0 Å². The molecule has 3 rings (SSSR count). The SMILES string of the molecule is CC(=CC1CCC2(CCCC2)O1)CC1CCCCN1. The molecule has 19 heavy (non-hydrogen) atoms. The smallest absolute Gasteiger partial charge is 0.0766 e. The minimum absolute atomic E-state index is 0.282. The summed E-state index contributed by atoms with van der Waals surface area (Å²) in [5.74, 6) is 0. The Bertz CT molecular complexity index is 324. The average Bonchev–Trinajstić information content (AvgIpc) is 3.02. The summed E-state index contributed by atoms with van der Waals surface area (Å²) in [6, 6.07) is 0.715. The van der Waals surface area contributed by atoms with Crippen LogP contribution < -0.4 is 5.32 Å². The van der Waals surface area contributed by atoms with Crippen LogP contribution in [0.4, 0.5) is 0 Å². The van der Waals surface area contributed by atoms with Crippen LogP contribution in [0, 0.1) is 0 Å². The molecule has 0 aromatic carbocycles. The Kier molecular flexibility index (Phi) is 4.28. The van der Waals surface area contributed by atoms with Crippen molar-refractivity contribution in [1.29, 1.82) is 0 Å². The number of piperidine rings is 1. The van der Waals surface area contributed by atoms with Crippen molar-refractivity contribution in [2.24, 2.45) is 0 Å². The standard InChI is InChI=1S/C17H29NO/c1-14(12-15-6-2-5-11-18-15)13-16-7-10-17(19-16)8-3-4-9-17/h13,15-16,18H,2-12H2,1H3. The maximum atomic E-state index is 6.37. The number of ether oxygens (including phenoxy) is 1. The van der Waals surface area contributed by atoms with E-state index in [1.165, 1.54) is 76.3 Å². The second kappa shape index (κ2) is 5.97. The van der Waals surface area contributed by atoms with Crippen LogP contribution in [-0.2, 0) is 4.74 Å². The molecule has 2 heterocycles. The van der Waals surface area contributed by atoms with Crippen LogP contribution in [0.3, 0.4) is 0 Å². The van der Waals surface area contributed by atoms with Crippen molar-refractivity contribution in [2.75, 3.05) is 6.54 Å². The first kappa shape index (κ1) is 13.6. The number of hydrogen-bond acceptors (Lipinski definition) is 2. The predicted molar refractivity (Wildman–Crippen MR) is 79.3 cm³/mol. The van der Waals surface area contributed by atoms with Gasteiger partial charge in [0.1, 0.15) is 0 Å². The van der Waals surface area contributed by atoms with Crippen LogP contribution >= 0.6 is 0 Å². The Labute approximate surface area is 118 Å². The molecular weight excluding hydrogens is 234 g/mol. The molecule has 1 N–H and O–H groups in total. The van der Waals surface area contributed by atoms with E-state index in [9.17, 15) is 0 Å². The van der Waals surface area contributed by atoms with Gasteiger partial charge in [0.2, 0.25) is 0 Å². The largest absolute Gasteiger partial charge is 0.368 e. The molecule has 1 spiro atoms. The zero-order valence-electron chi connectivity index (χ0n) is 12.4. The average molecular weight is 263 g/mol. The third kappa shape index (κ3) is 3.41. The maximum absolute atomic E-state index is 6.37. The molecule has 0 amide bonds. The van der Waals surface area contributed by atoms with Gasteiger partial charge in [-0.3, -0.25) is 0 Å². The van der Waals surface area contributed by atoms with E-state index < -0.39 is 0 Å². The summed E-state index contributed by atoms with van der Waals surface area (Å²) in [6.45, 7) is 3.50. The summed E-state index contributed by atoms with van der Waals surface area (Å²) >= 11 is 0. The summed E-state index contributed by atoms with van der Waals surface area (Å²) in [4.78, 5) is 0. The molecule has 1 saturated carbocycles. The first-order valence-corrected chi connectivity index (χ1v) is 8.34. The van der Waals surface area contributed by atoms with Gasteiger partial charge in [0.05, 0.1) is 11.7 Å². The lowest BCUT2D eigenvalue weighted by Gasteiger charge is -2.25. The molecule has 0 radical (unpaired) electrons. The molecule has 3 aliphatic rings. The fraction of sp³-hybridized carbons (Fsp3) is 0.882. The van der Waals surface area contributed by atoms with Crippen molar-refractivity contribution in [1.82, 2.24) is 5.32 Å². The fourth-order valence-corrected chi connectivity index (χ4v) is 4.22. The minimum Gasteiger partial charge on any atom is -0.368 e. The van der Waals surface area contributed by atoms with Gasteiger partial charge in [-0.2, -0.15) is 0 Å². The highest BCUT2D eigenvalue weighted by atomic mass is 16.5. The van der Waals surface area contributed by atoms with Crippen LogP contribution in [0.5, 0.6) is 0 Å². The van der Waals surface area contributed by atoms with Crippen LogP contribution in [0.2, 0.25) is 0 Å². The summed E-state index contributed by atoms with van der Waals surface area (Å²) in [5.41, 5.74) is 1.81. The molecule has 2 saturated heterocycles. The Hall–Kier alpha value is -0.340. The molecule has 3 fully saturated rings. The zero-order valence-corrected chi connectivity index (χ0v) is 12.4.